The van der Waals surface area contributed by atoms with Crippen LogP contribution in [0, 0.1) is 0 Å². The average Bonchev–Trinajstić information content (AvgIpc) is 3.11. The minimum Gasteiger partial charge on any atom is -0.478 e. The van der Waals surface area contributed by atoms with Gasteiger partial charge in [-0.1, -0.05) is 38.1 Å². The Morgan fingerprint density at radius 2 is 1.96 bits per heavy atom. The predicted molar refractivity (Wildman–Crippen MR) is 104 cm³/mol. The Kier molecular flexibility index (Phi) is 5.64. The fourth-order valence-corrected chi connectivity index (χ4v) is 3.12. The number of aryl methyl sites for hydroxylation is 2. The molecule has 0 saturated heterocycles. The molecule has 27 heavy (non-hydrogen) atoms. The topological polar surface area (TPSA) is 80.9 Å². The molecule has 2 heterocycles. The second-order valence-corrected chi connectivity index (χ2v) is 6.49. The summed E-state index contributed by atoms with van der Waals surface area (Å²) in [5.41, 5.74) is 2.59. The number of nitrogens with zero attached hydrogens (tertiary/aromatic N) is 4. The van der Waals surface area contributed by atoms with E-state index in [-0.39, 0.29) is 11.6 Å². The van der Waals surface area contributed by atoms with E-state index < -0.39 is 5.97 Å². The van der Waals surface area contributed by atoms with Crippen LogP contribution >= 0.6 is 0 Å². The summed E-state index contributed by atoms with van der Waals surface area (Å²) in [4.78, 5) is 20.7. The lowest BCUT2D eigenvalue weighted by Gasteiger charge is -2.15. The molecule has 1 atom stereocenters. The highest BCUT2D eigenvalue weighted by atomic mass is 16.4. The van der Waals surface area contributed by atoms with Crippen molar-refractivity contribution in [2.75, 3.05) is 0 Å². The quantitative estimate of drug-likeness (QED) is 0.681. The van der Waals surface area contributed by atoms with Crippen LogP contribution in [0.5, 0.6) is 0 Å². The van der Waals surface area contributed by atoms with Gasteiger partial charge in [0.15, 0.2) is 5.82 Å². The Labute approximate surface area is 158 Å². The zero-order valence-corrected chi connectivity index (χ0v) is 15.9. The Hall–Kier alpha value is -3.02. The monoisotopic (exact) mass is 364 g/mol. The fraction of sp³-hybridized carbons (Fsp3) is 0.333. The number of carboxylic acid groups (broad SMARTS) is 1. The smallest absolute Gasteiger partial charge is 0.336 e. The van der Waals surface area contributed by atoms with E-state index in [0.29, 0.717) is 5.56 Å². The van der Waals surface area contributed by atoms with Crippen LogP contribution in [0.15, 0.2) is 42.6 Å². The van der Waals surface area contributed by atoms with Gasteiger partial charge in [-0.3, -0.25) is 4.98 Å². The molecule has 140 valence electrons. The van der Waals surface area contributed by atoms with E-state index in [2.05, 4.69) is 28.9 Å². The first-order valence-corrected chi connectivity index (χ1v) is 9.28. The van der Waals surface area contributed by atoms with Gasteiger partial charge < -0.3 is 5.11 Å². The van der Waals surface area contributed by atoms with Crippen LogP contribution in [0.25, 0.3) is 11.1 Å². The van der Waals surface area contributed by atoms with E-state index in [4.69, 9.17) is 0 Å². The molecule has 3 rings (SSSR count). The molecule has 6 heteroatoms. The molecule has 0 aliphatic carbocycles. The summed E-state index contributed by atoms with van der Waals surface area (Å²) in [5.74, 6) is 0.878. The molecule has 2 aromatic heterocycles. The van der Waals surface area contributed by atoms with Crippen LogP contribution in [-0.2, 0) is 12.8 Å². The number of carbonyl (C=O) groups is 1. The Bertz CT molecular complexity index is 932. The summed E-state index contributed by atoms with van der Waals surface area (Å²) in [6.07, 6.45) is 4.41. The zero-order chi connectivity index (χ0) is 19.4. The van der Waals surface area contributed by atoms with Gasteiger partial charge in [-0.25, -0.2) is 14.5 Å². The number of benzene rings is 1. The summed E-state index contributed by atoms with van der Waals surface area (Å²) in [6.45, 7) is 6.23. The van der Waals surface area contributed by atoms with Gasteiger partial charge in [-0.15, -0.1) is 0 Å². The lowest BCUT2D eigenvalue weighted by molar-refractivity contribution is 0.0697. The van der Waals surface area contributed by atoms with Crippen molar-refractivity contribution in [2.24, 2.45) is 0 Å². The summed E-state index contributed by atoms with van der Waals surface area (Å²) in [5, 5.41) is 14.0. The highest BCUT2D eigenvalue weighted by molar-refractivity contribution is 5.95. The molecule has 3 aromatic rings. The Morgan fingerprint density at radius 3 is 2.59 bits per heavy atom. The first kappa shape index (κ1) is 18.8. The Morgan fingerprint density at radius 1 is 1.19 bits per heavy atom. The van der Waals surface area contributed by atoms with Gasteiger partial charge in [0.05, 0.1) is 17.3 Å². The van der Waals surface area contributed by atoms with Crippen LogP contribution in [0.4, 0.5) is 0 Å². The molecule has 0 amide bonds. The number of pyridine rings is 1. The first-order valence-electron chi connectivity index (χ1n) is 9.28. The van der Waals surface area contributed by atoms with Crippen LogP contribution in [0.1, 0.15) is 60.9 Å². The molecule has 0 radical (unpaired) electrons. The summed E-state index contributed by atoms with van der Waals surface area (Å²) < 4.78 is 1.95. The van der Waals surface area contributed by atoms with Gasteiger partial charge in [0, 0.05) is 24.6 Å². The van der Waals surface area contributed by atoms with Crippen LogP contribution in [0.2, 0.25) is 0 Å². The SMILES string of the molecule is CCCc1nc(CC)nn1C(C)c1ccc(-c2ccccc2C(=O)O)cn1. The van der Waals surface area contributed by atoms with E-state index in [0.717, 1.165) is 42.2 Å². The van der Waals surface area contributed by atoms with Crippen LogP contribution < -0.4 is 0 Å². The lowest BCUT2D eigenvalue weighted by atomic mass is 10.0. The summed E-state index contributed by atoms with van der Waals surface area (Å²) in [7, 11) is 0. The van der Waals surface area contributed by atoms with E-state index in [1.807, 2.05) is 29.8 Å². The van der Waals surface area contributed by atoms with Crippen molar-refractivity contribution in [2.45, 2.75) is 46.1 Å². The molecular weight excluding hydrogens is 340 g/mol. The lowest BCUT2D eigenvalue weighted by Crippen LogP contribution is -2.14. The highest BCUT2D eigenvalue weighted by Gasteiger charge is 2.17. The van der Waals surface area contributed by atoms with Crippen molar-refractivity contribution >= 4 is 5.97 Å². The van der Waals surface area contributed by atoms with E-state index in [1.165, 1.54) is 0 Å². The van der Waals surface area contributed by atoms with Gasteiger partial charge >= 0.3 is 5.97 Å². The molecule has 0 bridgehead atoms. The molecule has 1 N–H and O–H groups in total. The van der Waals surface area contributed by atoms with Crippen molar-refractivity contribution in [1.82, 2.24) is 19.7 Å². The van der Waals surface area contributed by atoms with Crippen molar-refractivity contribution in [3.63, 3.8) is 0 Å². The largest absolute Gasteiger partial charge is 0.478 e. The van der Waals surface area contributed by atoms with Crippen molar-refractivity contribution < 1.29 is 9.90 Å². The molecule has 0 fully saturated rings. The zero-order valence-electron chi connectivity index (χ0n) is 15.9. The normalized spacial score (nSPS) is 12.1. The molecule has 0 saturated carbocycles. The molecule has 1 unspecified atom stereocenters. The molecular formula is C21H24N4O2. The third kappa shape index (κ3) is 3.89. The van der Waals surface area contributed by atoms with Crippen molar-refractivity contribution in [3.8, 4) is 11.1 Å². The maximum Gasteiger partial charge on any atom is 0.336 e. The van der Waals surface area contributed by atoms with Crippen LogP contribution in [0.3, 0.4) is 0 Å². The number of hydrogen-bond acceptors (Lipinski definition) is 4. The average molecular weight is 364 g/mol. The number of rotatable bonds is 7. The second kappa shape index (κ2) is 8.12. The van der Waals surface area contributed by atoms with E-state index >= 15 is 0 Å². The van der Waals surface area contributed by atoms with E-state index in [9.17, 15) is 9.90 Å². The summed E-state index contributed by atoms with van der Waals surface area (Å²) >= 11 is 0. The second-order valence-electron chi connectivity index (χ2n) is 6.49. The number of hydrogen-bond donors (Lipinski definition) is 1. The van der Waals surface area contributed by atoms with Crippen molar-refractivity contribution in [1.29, 1.82) is 0 Å². The van der Waals surface area contributed by atoms with Crippen molar-refractivity contribution in [3.05, 3.63) is 65.5 Å². The van der Waals surface area contributed by atoms with Gasteiger partial charge in [0.25, 0.3) is 0 Å². The summed E-state index contributed by atoms with van der Waals surface area (Å²) in [6, 6.07) is 10.8. The number of aromatic nitrogens is 4. The minimum absolute atomic E-state index is 0.0388. The van der Waals surface area contributed by atoms with Crippen LogP contribution in [-0.4, -0.2) is 30.8 Å². The molecule has 0 spiro atoms. The maximum atomic E-state index is 11.4. The molecule has 0 aliphatic heterocycles. The Balaban J connectivity index is 1.92. The third-order valence-corrected chi connectivity index (χ3v) is 4.59. The molecule has 0 aliphatic rings. The maximum absolute atomic E-state index is 11.4. The van der Waals surface area contributed by atoms with Gasteiger partial charge in [0.2, 0.25) is 0 Å². The fourth-order valence-electron chi connectivity index (χ4n) is 3.12. The number of aromatic carboxylic acids is 1. The first-order chi connectivity index (χ1) is 13.0. The molecule has 6 nitrogen and oxygen atoms in total. The highest BCUT2D eigenvalue weighted by Crippen LogP contribution is 2.25. The van der Waals surface area contributed by atoms with Gasteiger partial charge in [-0.2, -0.15) is 5.10 Å². The van der Waals surface area contributed by atoms with Gasteiger partial charge in [-0.05, 0) is 31.0 Å². The van der Waals surface area contributed by atoms with Gasteiger partial charge in [0.1, 0.15) is 5.82 Å². The number of carboxylic acids is 1. The van der Waals surface area contributed by atoms with E-state index in [1.54, 1.807) is 24.4 Å². The molecule has 1 aromatic carbocycles. The standard InChI is InChI=1S/C21H24N4O2/c1-4-8-20-23-19(5-2)24-25(20)14(3)18-12-11-15(13-22-18)16-9-6-7-10-17(16)21(26)27/h6-7,9-14H,4-5,8H2,1-3H3,(H,26,27). The minimum atomic E-state index is -0.943. The predicted octanol–water partition coefficient (Wildman–Crippen LogP) is 4.16. The third-order valence-electron chi connectivity index (χ3n) is 4.59.